The summed E-state index contributed by atoms with van der Waals surface area (Å²) in [6.07, 6.45) is 11.5. The fraction of sp³-hybridized carbons (Fsp3) is 1.00. The molecule has 0 aromatic rings. The van der Waals surface area contributed by atoms with Gasteiger partial charge in [0.25, 0.3) is 0 Å². The minimum absolute atomic E-state index is 0.713. The van der Waals surface area contributed by atoms with E-state index >= 15 is 0 Å². The standard InChI is InChI=1S/C18H36N2/c1-4-5-6-7-8-9-12-20-14-17(15(2)3)19-13-18(20)16-10-11-16/h15-19H,4-14H2,1-3H3. The first-order chi connectivity index (χ1) is 9.72. The summed E-state index contributed by atoms with van der Waals surface area (Å²) >= 11 is 0. The van der Waals surface area contributed by atoms with Gasteiger partial charge in [0.05, 0.1) is 0 Å². The van der Waals surface area contributed by atoms with Gasteiger partial charge in [0.2, 0.25) is 0 Å². The lowest BCUT2D eigenvalue weighted by molar-refractivity contribution is 0.0976. The van der Waals surface area contributed by atoms with E-state index in [1.807, 2.05) is 0 Å². The van der Waals surface area contributed by atoms with Crippen LogP contribution >= 0.6 is 0 Å². The number of nitrogens with zero attached hydrogens (tertiary/aromatic N) is 1. The van der Waals surface area contributed by atoms with Gasteiger partial charge < -0.3 is 5.32 Å². The third kappa shape index (κ3) is 5.04. The van der Waals surface area contributed by atoms with Crippen molar-refractivity contribution < 1.29 is 0 Å². The maximum absolute atomic E-state index is 3.80. The van der Waals surface area contributed by atoms with Crippen molar-refractivity contribution in [3.63, 3.8) is 0 Å². The van der Waals surface area contributed by atoms with E-state index in [9.17, 15) is 0 Å². The molecule has 20 heavy (non-hydrogen) atoms. The first kappa shape index (κ1) is 16.3. The summed E-state index contributed by atoms with van der Waals surface area (Å²) in [4.78, 5) is 2.83. The predicted octanol–water partition coefficient (Wildman–Crippen LogP) is 4.06. The molecule has 2 aliphatic rings. The summed E-state index contributed by atoms with van der Waals surface area (Å²) in [7, 11) is 0. The topological polar surface area (TPSA) is 15.3 Å². The number of piperazine rings is 1. The summed E-state index contributed by atoms with van der Waals surface area (Å²) in [5, 5.41) is 3.80. The molecule has 2 heteroatoms. The van der Waals surface area contributed by atoms with Crippen LogP contribution in [0.15, 0.2) is 0 Å². The molecule has 2 fully saturated rings. The van der Waals surface area contributed by atoms with E-state index < -0.39 is 0 Å². The lowest BCUT2D eigenvalue weighted by Gasteiger charge is -2.42. The van der Waals surface area contributed by atoms with Crippen molar-refractivity contribution in [2.24, 2.45) is 11.8 Å². The van der Waals surface area contributed by atoms with Crippen LogP contribution in [0.2, 0.25) is 0 Å². The molecule has 1 heterocycles. The Morgan fingerprint density at radius 2 is 1.75 bits per heavy atom. The van der Waals surface area contributed by atoms with Gasteiger partial charge in [-0.2, -0.15) is 0 Å². The molecule has 1 saturated heterocycles. The van der Waals surface area contributed by atoms with Crippen LogP contribution in [0.5, 0.6) is 0 Å². The average molecular weight is 281 g/mol. The molecular formula is C18H36N2. The molecule has 1 aliphatic heterocycles. The van der Waals surface area contributed by atoms with Crippen molar-refractivity contribution >= 4 is 0 Å². The SMILES string of the molecule is CCCCCCCCN1CC(C(C)C)NCC1C1CC1. The highest BCUT2D eigenvalue weighted by molar-refractivity contribution is 4.95. The molecule has 2 rings (SSSR count). The third-order valence-corrected chi connectivity index (χ3v) is 5.26. The van der Waals surface area contributed by atoms with Crippen molar-refractivity contribution in [2.75, 3.05) is 19.6 Å². The van der Waals surface area contributed by atoms with Gasteiger partial charge in [-0.15, -0.1) is 0 Å². The number of rotatable bonds is 9. The summed E-state index contributed by atoms with van der Waals surface area (Å²) in [5.74, 6) is 1.78. The highest BCUT2D eigenvalue weighted by atomic mass is 15.2. The molecule has 0 aromatic carbocycles. The highest BCUT2D eigenvalue weighted by Crippen LogP contribution is 2.36. The quantitative estimate of drug-likeness (QED) is 0.641. The van der Waals surface area contributed by atoms with Gasteiger partial charge >= 0.3 is 0 Å². The highest BCUT2D eigenvalue weighted by Gasteiger charge is 2.38. The first-order valence-corrected chi connectivity index (χ1v) is 9.19. The Morgan fingerprint density at radius 3 is 2.40 bits per heavy atom. The van der Waals surface area contributed by atoms with E-state index in [0.717, 1.165) is 17.9 Å². The zero-order valence-corrected chi connectivity index (χ0v) is 14.0. The molecular weight excluding hydrogens is 244 g/mol. The van der Waals surface area contributed by atoms with Gasteiger partial charge in [-0.05, 0) is 37.6 Å². The molecule has 2 atom stereocenters. The summed E-state index contributed by atoms with van der Waals surface area (Å²) < 4.78 is 0. The Kier molecular flexibility index (Phi) is 6.83. The van der Waals surface area contributed by atoms with Crippen LogP contribution in [0.4, 0.5) is 0 Å². The second kappa shape index (κ2) is 8.38. The monoisotopic (exact) mass is 280 g/mol. The fourth-order valence-corrected chi connectivity index (χ4v) is 3.60. The molecule has 0 aromatic heterocycles. The molecule has 118 valence electrons. The number of hydrogen-bond donors (Lipinski definition) is 1. The maximum Gasteiger partial charge on any atom is 0.0249 e. The summed E-state index contributed by atoms with van der Waals surface area (Å²) in [6, 6.07) is 1.56. The Labute approximate surface area is 126 Å². The zero-order valence-electron chi connectivity index (χ0n) is 14.0. The minimum atomic E-state index is 0.713. The zero-order chi connectivity index (χ0) is 14.4. The van der Waals surface area contributed by atoms with Crippen LogP contribution in [0.3, 0.4) is 0 Å². The lowest BCUT2D eigenvalue weighted by Crippen LogP contribution is -2.58. The molecule has 2 nitrogen and oxygen atoms in total. The smallest absolute Gasteiger partial charge is 0.0249 e. The third-order valence-electron chi connectivity index (χ3n) is 5.26. The van der Waals surface area contributed by atoms with Gasteiger partial charge in [-0.3, -0.25) is 4.90 Å². The molecule has 0 spiro atoms. The van der Waals surface area contributed by atoms with Crippen molar-refractivity contribution in [3.8, 4) is 0 Å². The molecule has 2 unspecified atom stereocenters. The maximum atomic E-state index is 3.80. The van der Waals surface area contributed by atoms with Gasteiger partial charge in [-0.25, -0.2) is 0 Å². The van der Waals surface area contributed by atoms with E-state index in [-0.39, 0.29) is 0 Å². The van der Waals surface area contributed by atoms with Crippen LogP contribution in [0.1, 0.15) is 72.1 Å². The van der Waals surface area contributed by atoms with E-state index in [0.29, 0.717) is 6.04 Å². The molecule has 1 N–H and O–H groups in total. The molecule has 0 amide bonds. The van der Waals surface area contributed by atoms with E-state index in [4.69, 9.17) is 0 Å². The van der Waals surface area contributed by atoms with Crippen LogP contribution in [0.25, 0.3) is 0 Å². The largest absolute Gasteiger partial charge is 0.311 e. The van der Waals surface area contributed by atoms with E-state index in [1.165, 1.54) is 71.0 Å². The molecule has 1 saturated carbocycles. The Balaban J connectivity index is 1.70. The van der Waals surface area contributed by atoms with Crippen LogP contribution < -0.4 is 5.32 Å². The summed E-state index contributed by atoms with van der Waals surface area (Å²) in [6.45, 7) is 10.9. The second-order valence-electron chi connectivity index (χ2n) is 7.43. The van der Waals surface area contributed by atoms with Crippen LogP contribution in [-0.2, 0) is 0 Å². The molecule has 0 bridgehead atoms. The second-order valence-corrected chi connectivity index (χ2v) is 7.43. The van der Waals surface area contributed by atoms with Crippen molar-refractivity contribution in [3.05, 3.63) is 0 Å². The minimum Gasteiger partial charge on any atom is -0.311 e. The summed E-state index contributed by atoms with van der Waals surface area (Å²) in [5.41, 5.74) is 0. The average Bonchev–Trinajstić information content (AvgIpc) is 3.27. The molecule has 0 radical (unpaired) electrons. The lowest BCUT2D eigenvalue weighted by atomic mass is 9.97. The van der Waals surface area contributed by atoms with Crippen molar-refractivity contribution in [1.82, 2.24) is 10.2 Å². The van der Waals surface area contributed by atoms with Gasteiger partial charge in [0.1, 0.15) is 0 Å². The van der Waals surface area contributed by atoms with Gasteiger partial charge in [0, 0.05) is 25.2 Å². The number of hydrogen-bond acceptors (Lipinski definition) is 2. The molecule has 1 aliphatic carbocycles. The first-order valence-electron chi connectivity index (χ1n) is 9.19. The van der Waals surface area contributed by atoms with Crippen molar-refractivity contribution in [2.45, 2.75) is 84.2 Å². The number of nitrogens with one attached hydrogen (secondary N) is 1. The Bertz CT molecular complexity index is 260. The van der Waals surface area contributed by atoms with Gasteiger partial charge in [-0.1, -0.05) is 52.9 Å². The van der Waals surface area contributed by atoms with Gasteiger partial charge in [0.15, 0.2) is 0 Å². The normalized spacial score (nSPS) is 28.2. The van der Waals surface area contributed by atoms with Crippen LogP contribution in [-0.4, -0.2) is 36.6 Å². The van der Waals surface area contributed by atoms with Crippen molar-refractivity contribution in [1.29, 1.82) is 0 Å². The fourth-order valence-electron chi connectivity index (χ4n) is 3.60. The predicted molar refractivity (Wildman–Crippen MR) is 88.1 cm³/mol. The number of unbranched alkanes of at least 4 members (excludes halogenated alkanes) is 5. The Hall–Kier alpha value is -0.0800. The van der Waals surface area contributed by atoms with E-state index in [2.05, 4.69) is 31.0 Å². The van der Waals surface area contributed by atoms with E-state index in [1.54, 1.807) is 0 Å². The van der Waals surface area contributed by atoms with Crippen LogP contribution in [0, 0.1) is 11.8 Å². The Morgan fingerprint density at radius 1 is 1.05 bits per heavy atom.